The maximum atomic E-state index is 12.0. The first-order valence-electron chi connectivity index (χ1n) is 6.59. The Labute approximate surface area is 113 Å². The molecule has 1 fully saturated rings. The van der Waals surface area contributed by atoms with Crippen LogP contribution in [0.25, 0.3) is 0 Å². The molecule has 1 atom stereocenters. The van der Waals surface area contributed by atoms with Gasteiger partial charge >= 0.3 is 0 Å². The molecule has 0 spiro atoms. The fraction of sp³-hybridized carbons (Fsp3) is 0.643. The summed E-state index contributed by atoms with van der Waals surface area (Å²) >= 11 is 1.89. The topological polar surface area (TPSA) is 33.5 Å². The average Bonchev–Trinajstić information content (AvgIpc) is 2.72. The van der Waals surface area contributed by atoms with Crippen molar-refractivity contribution in [2.45, 2.75) is 31.9 Å². The summed E-state index contributed by atoms with van der Waals surface area (Å²) in [6.07, 6.45) is 3.38. The molecule has 1 aromatic rings. The first-order valence-corrected chi connectivity index (χ1v) is 7.64. The van der Waals surface area contributed by atoms with Crippen molar-refractivity contribution < 1.29 is 9.21 Å². The van der Waals surface area contributed by atoms with Gasteiger partial charge in [0.2, 0.25) is 5.91 Å². The van der Waals surface area contributed by atoms with Crippen molar-refractivity contribution in [3.05, 3.63) is 24.2 Å². The third-order valence-corrected chi connectivity index (χ3v) is 4.43. The van der Waals surface area contributed by atoms with Gasteiger partial charge < -0.3 is 9.32 Å². The predicted molar refractivity (Wildman–Crippen MR) is 74.6 cm³/mol. The third-order valence-electron chi connectivity index (χ3n) is 3.14. The van der Waals surface area contributed by atoms with E-state index in [4.69, 9.17) is 4.42 Å². The number of amides is 1. The number of furan rings is 1. The van der Waals surface area contributed by atoms with Crippen LogP contribution in [0.1, 0.15) is 37.7 Å². The standard InChI is InChI=1S/C14H21NO2S/c1-11(2)10-14(16)15-6-5-13(18-9-7-15)12-4-3-8-17-12/h3-4,8,11,13H,5-7,9-10H2,1-2H3. The van der Waals surface area contributed by atoms with Gasteiger partial charge in [-0.15, -0.1) is 11.8 Å². The van der Waals surface area contributed by atoms with Crippen molar-refractivity contribution in [2.75, 3.05) is 18.8 Å². The number of hydrogen-bond donors (Lipinski definition) is 0. The highest BCUT2D eigenvalue weighted by atomic mass is 32.2. The predicted octanol–water partition coefficient (Wildman–Crippen LogP) is 3.33. The molecule has 0 bridgehead atoms. The average molecular weight is 267 g/mol. The highest BCUT2D eigenvalue weighted by molar-refractivity contribution is 7.99. The Kier molecular flexibility index (Phi) is 4.75. The van der Waals surface area contributed by atoms with E-state index in [0.717, 1.165) is 31.0 Å². The van der Waals surface area contributed by atoms with Gasteiger partial charge in [0.25, 0.3) is 0 Å². The van der Waals surface area contributed by atoms with Crippen LogP contribution in [-0.4, -0.2) is 29.6 Å². The number of rotatable bonds is 3. The van der Waals surface area contributed by atoms with Crippen molar-refractivity contribution in [1.82, 2.24) is 4.90 Å². The molecule has 0 radical (unpaired) electrons. The molecule has 3 nitrogen and oxygen atoms in total. The van der Waals surface area contributed by atoms with Crippen molar-refractivity contribution >= 4 is 17.7 Å². The van der Waals surface area contributed by atoms with Crippen LogP contribution in [0.3, 0.4) is 0 Å². The van der Waals surface area contributed by atoms with E-state index in [9.17, 15) is 4.79 Å². The maximum absolute atomic E-state index is 12.0. The summed E-state index contributed by atoms with van der Waals surface area (Å²) in [6.45, 7) is 5.91. The molecule has 1 aliphatic rings. The highest BCUT2D eigenvalue weighted by Gasteiger charge is 2.23. The van der Waals surface area contributed by atoms with Crippen molar-refractivity contribution in [3.8, 4) is 0 Å². The van der Waals surface area contributed by atoms with Crippen LogP contribution in [0, 0.1) is 5.92 Å². The lowest BCUT2D eigenvalue weighted by Gasteiger charge is -2.21. The number of carbonyl (C=O) groups is 1. The van der Waals surface area contributed by atoms with Gasteiger partial charge in [0.05, 0.1) is 11.5 Å². The van der Waals surface area contributed by atoms with Crippen LogP contribution in [0.2, 0.25) is 0 Å². The summed E-state index contributed by atoms with van der Waals surface area (Å²) in [5, 5.41) is 0.400. The summed E-state index contributed by atoms with van der Waals surface area (Å²) in [7, 11) is 0. The molecule has 1 amide bonds. The molecule has 2 rings (SSSR count). The van der Waals surface area contributed by atoms with E-state index in [1.165, 1.54) is 0 Å². The maximum Gasteiger partial charge on any atom is 0.222 e. The normalized spacial score (nSPS) is 21.1. The second-order valence-corrected chi connectivity index (χ2v) is 6.45. The molecular weight excluding hydrogens is 246 g/mol. The van der Waals surface area contributed by atoms with Gasteiger partial charge in [0.15, 0.2) is 0 Å². The lowest BCUT2D eigenvalue weighted by atomic mass is 10.1. The van der Waals surface area contributed by atoms with Crippen molar-refractivity contribution in [3.63, 3.8) is 0 Å². The minimum absolute atomic E-state index is 0.297. The van der Waals surface area contributed by atoms with E-state index < -0.39 is 0 Å². The zero-order chi connectivity index (χ0) is 13.0. The van der Waals surface area contributed by atoms with Gasteiger partial charge in [-0.05, 0) is 24.5 Å². The van der Waals surface area contributed by atoms with E-state index in [2.05, 4.69) is 13.8 Å². The van der Waals surface area contributed by atoms with Gasteiger partial charge in [-0.2, -0.15) is 0 Å². The Bertz CT molecular complexity index is 375. The van der Waals surface area contributed by atoms with Crippen LogP contribution in [0.15, 0.2) is 22.8 Å². The molecule has 0 saturated carbocycles. The zero-order valence-corrected chi connectivity index (χ0v) is 11.9. The van der Waals surface area contributed by atoms with E-state index in [0.29, 0.717) is 23.5 Å². The van der Waals surface area contributed by atoms with Crippen LogP contribution >= 0.6 is 11.8 Å². The lowest BCUT2D eigenvalue weighted by Crippen LogP contribution is -2.33. The SMILES string of the molecule is CC(C)CC(=O)N1CCSC(c2ccco2)CC1. The largest absolute Gasteiger partial charge is 0.468 e. The van der Waals surface area contributed by atoms with Gasteiger partial charge in [0, 0.05) is 25.3 Å². The van der Waals surface area contributed by atoms with Crippen LogP contribution in [0.4, 0.5) is 0 Å². The first kappa shape index (κ1) is 13.5. The molecule has 18 heavy (non-hydrogen) atoms. The minimum atomic E-state index is 0.297. The van der Waals surface area contributed by atoms with E-state index >= 15 is 0 Å². The molecule has 100 valence electrons. The second kappa shape index (κ2) is 6.32. The molecule has 1 aromatic heterocycles. The molecule has 0 N–H and O–H groups in total. The number of hydrogen-bond acceptors (Lipinski definition) is 3. The molecular formula is C14H21NO2S. The molecule has 1 unspecified atom stereocenters. The zero-order valence-electron chi connectivity index (χ0n) is 11.1. The Morgan fingerprint density at radius 3 is 3.06 bits per heavy atom. The van der Waals surface area contributed by atoms with Crippen LogP contribution in [0.5, 0.6) is 0 Å². The third kappa shape index (κ3) is 3.55. The Morgan fingerprint density at radius 2 is 2.39 bits per heavy atom. The van der Waals surface area contributed by atoms with Gasteiger partial charge in [-0.1, -0.05) is 13.8 Å². The van der Waals surface area contributed by atoms with Crippen molar-refractivity contribution in [1.29, 1.82) is 0 Å². The number of thioether (sulfide) groups is 1. The Balaban J connectivity index is 1.90. The van der Waals surface area contributed by atoms with Crippen LogP contribution in [-0.2, 0) is 4.79 Å². The van der Waals surface area contributed by atoms with Crippen LogP contribution < -0.4 is 0 Å². The second-order valence-electron chi connectivity index (χ2n) is 5.14. The van der Waals surface area contributed by atoms with Gasteiger partial charge in [0.1, 0.15) is 5.76 Å². The molecule has 1 saturated heterocycles. The molecule has 4 heteroatoms. The van der Waals surface area contributed by atoms with E-state index in [-0.39, 0.29) is 0 Å². The highest BCUT2D eigenvalue weighted by Crippen LogP contribution is 2.34. The summed E-state index contributed by atoms with van der Waals surface area (Å²) in [6, 6.07) is 3.96. The summed E-state index contributed by atoms with van der Waals surface area (Å²) in [5.74, 6) is 2.77. The van der Waals surface area contributed by atoms with Gasteiger partial charge in [-0.25, -0.2) is 0 Å². The summed E-state index contributed by atoms with van der Waals surface area (Å²) in [5.41, 5.74) is 0. The van der Waals surface area contributed by atoms with Crippen molar-refractivity contribution in [2.24, 2.45) is 5.92 Å². The smallest absolute Gasteiger partial charge is 0.222 e. The van der Waals surface area contributed by atoms with E-state index in [1.54, 1.807) is 6.26 Å². The van der Waals surface area contributed by atoms with E-state index in [1.807, 2.05) is 28.8 Å². The lowest BCUT2D eigenvalue weighted by molar-refractivity contribution is -0.131. The Hall–Kier alpha value is -0.900. The number of nitrogens with zero attached hydrogens (tertiary/aromatic N) is 1. The molecule has 0 aliphatic carbocycles. The summed E-state index contributed by atoms with van der Waals surface area (Å²) < 4.78 is 5.46. The summed E-state index contributed by atoms with van der Waals surface area (Å²) in [4.78, 5) is 14.1. The van der Waals surface area contributed by atoms with Gasteiger partial charge in [-0.3, -0.25) is 4.79 Å². The number of carbonyl (C=O) groups excluding carboxylic acids is 1. The minimum Gasteiger partial charge on any atom is -0.468 e. The monoisotopic (exact) mass is 267 g/mol. The fourth-order valence-corrected chi connectivity index (χ4v) is 3.38. The molecule has 0 aromatic carbocycles. The fourth-order valence-electron chi connectivity index (χ4n) is 2.20. The molecule has 1 aliphatic heterocycles. The Morgan fingerprint density at radius 1 is 1.56 bits per heavy atom. The quantitative estimate of drug-likeness (QED) is 0.842. The molecule has 2 heterocycles. The first-order chi connectivity index (χ1) is 8.66.